The van der Waals surface area contributed by atoms with Gasteiger partial charge in [-0.3, -0.25) is 14.5 Å². The van der Waals surface area contributed by atoms with Crippen molar-refractivity contribution in [1.82, 2.24) is 9.88 Å². The fraction of sp³-hybridized carbons (Fsp3) is 0.455. The first-order valence-electron chi connectivity index (χ1n) is 9.91. The number of aromatic amines is 1. The molecule has 0 aliphatic rings. The van der Waals surface area contributed by atoms with Gasteiger partial charge in [0.25, 0.3) is 0 Å². The molecule has 0 spiro atoms. The minimum Gasteiger partial charge on any atom is -0.494 e. The number of rotatable bonds is 11. The van der Waals surface area contributed by atoms with E-state index in [0.29, 0.717) is 43.0 Å². The molecule has 7 nitrogen and oxygen atoms in total. The van der Waals surface area contributed by atoms with Gasteiger partial charge in [-0.1, -0.05) is 13.0 Å². The maximum atomic E-state index is 12.7. The number of aromatic nitrogens is 1. The second kappa shape index (κ2) is 10.0. The number of benzene rings is 1. The summed E-state index contributed by atoms with van der Waals surface area (Å²) in [5.74, 6) is 0.416. The summed E-state index contributed by atoms with van der Waals surface area (Å²) in [6.45, 7) is 6.54. The van der Waals surface area contributed by atoms with Crippen molar-refractivity contribution in [2.75, 3.05) is 33.0 Å². The molecule has 2 rings (SSSR count). The highest BCUT2D eigenvalue weighted by molar-refractivity contribution is 7.90. The molecule has 0 bridgehead atoms. The molecule has 2 aromatic rings. The summed E-state index contributed by atoms with van der Waals surface area (Å²) in [6.07, 6.45) is 2.45. The van der Waals surface area contributed by atoms with Gasteiger partial charge in [0.1, 0.15) is 5.75 Å². The van der Waals surface area contributed by atoms with E-state index < -0.39 is 9.84 Å². The maximum Gasteiger partial charge on any atom is 0.193 e. The second-order valence-corrected chi connectivity index (χ2v) is 9.51. The molecule has 8 heteroatoms. The largest absolute Gasteiger partial charge is 0.494 e. The van der Waals surface area contributed by atoms with Gasteiger partial charge in [0.2, 0.25) is 0 Å². The number of nitrogens with one attached hydrogen (secondary N) is 1. The molecule has 30 heavy (non-hydrogen) atoms. The zero-order chi connectivity index (χ0) is 22.5. The molecule has 0 unspecified atom stereocenters. The molecule has 164 valence electrons. The Morgan fingerprint density at radius 3 is 2.53 bits per heavy atom. The molecule has 0 fully saturated rings. The van der Waals surface area contributed by atoms with Gasteiger partial charge in [0, 0.05) is 24.1 Å². The summed E-state index contributed by atoms with van der Waals surface area (Å²) in [4.78, 5) is 29.8. The van der Waals surface area contributed by atoms with Crippen molar-refractivity contribution in [3.05, 3.63) is 46.8 Å². The van der Waals surface area contributed by atoms with E-state index in [4.69, 9.17) is 4.74 Å². The van der Waals surface area contributed by atoms with E-state index in [-0.39, 0.29) is 23.0 Å². The molecule has 0 aliphatic carbocycles. The smallest absolute Gasteiger partial charge is 0.193 e. The Kier molecular flexibility index (Phi) is 7.97. The van der Waals surface area contributed by atoms with Crippen molar-refractivity contribution in [3.63, 3.8) is 0 Å². The molecule has 1 aromatic carbocycles. The second-order valence-electron chi connectivity index (χ2n) is 7.50. The van der Waals surface area contributed by atoms with E-state index in [1.807, 2.05) is 25.8 Å². The molecule has 0 atom stereocenters. The highest BCUT2D eigenvalue weighted by Crippen LogP contribution is 2.21. The van der Waals surface area contributed by atoms with Crippen molar-refractivity contribution >= 4 is 21.4 Å². The summed E-state index contributed by atoms with van der Waals surface area (Å²) >= 11 is 0. The lowest BCUT2D eigenvalue weighted by Crippen LogP contribution is -2.28. The SMILES string of the molecule is CCc1c(C(=O)CN(C)CCCOc2cccc(S(C)(=O)=O)c2)[nH]c(C)c1C(C)=O. The standard InChI is InChI=1S/C22H30N2O5S/c1-6-19-21(16(3)25)15(2)23-22(19)20(26)14-24(4)11-8-12-29-17-9-7-10-18(13-17)30(5,27)28/h7,9-10,13,23H,6,8,11-12,14H2,1-5H3. The molecule has 0 amide bonds. The van der Waals surface area contributed by atoms with E-state index in [1.54, 1.807) is 12.1 Å². The van der Waals surface area contributed by atoms with Crippen LogP contribution in [0.2, 0.25) is 0 Å². The number of ketones is 2. The highest BCUT2D eigenvalue weighted by Gasteiger charge is 2.22. The predicted molar refractivity (Wildman–Crippen MR) is 116 cm³/mol. The minimum absolute atomic E-state index is 0.0369. The fourth-order valence-corrected chi connectivity index (χ4v) is 4.12. The molecule has 1 aromatic heterocycles. The van der Waals surface area contributed by atoms with Crippen molar-refractivity contribution in [2.24, 2.45) is 0 Å². The summed E-state index contributed by atoms with van der Waals surface area (Å²) in [6, 6.07) is 6.41. The Labute approximate surface area is 178 Å². The van der Waals surface area contributed by atoms with Crippen molar-refractivity contribution in [2.45, 2.75) is 38.5 Å². The third kappa shape index (κ3) is 6.03. The van der Waals surface area contributed by atoms with Crippen LogP contribution in [0.25, 0.3) is 0 Å². The van der Waals surface area contributed by atoms with Crippen LogP contribution >= 0.6 is 0 Å². The van der Waals surface area contributed by atoms with Crippen LogP contribution in [0.5, 0.6) is 5.75 Å². The number of ether oxygens (including phenoxy) is 1. The first kappa shape index (κ1) is 23.8. The number of carbonyl (C=O) groups excluding carboxylic acids is 2. The van der Waals surface area contributed by atoms with Crippen LogP contribution in [0, 0.1) is 6.92 Å². The number of carbonyl (C=O) groups is 2. The van der Waals surface area contributed by atoms with Gasteiger partial charge in [-0.15, -0.1) is 0 Å². The number of Topliss-reactive ketones (excluding diaryl/α,β-unsaturated/α-hetero) is 2. The number of likely N-dealkylation sites (N-methyl/N-ethyl adjacent to an activating group) is 1. The normalized spacial score (nSPS) is 11.7. The van der Waals surface area contributed by atoms with E-state index in [9.17, 15) is 18.0 Å². The number of aryl methyl sites for hydroxylation is 1. The van der Waals surface area contributed by atoms with Crippen LogP contribution in [0.15, 0.2) is 29.2 Å². The Morgan fingerprint density at radius 1 is 1.23 bits per heavy atom. The van der Waals surface area contributed by atoms with Crippen LogP contribution in [-0.4, -0.2) is 62.9 Å². The molecular formula is C22H30N2O5S. The zero-order valence-electron chi connectivity index (χ0n) is 18.2. The zero-order valence-corrected chi connectivity index (χ0v) is 19.1. The van der Waals surface area contributed by atoms with Crippen LogP contribution in [-0.2, 0) is 16.3 Å². The third-order valence-corrected chi connectivity index (χ3v) is 5.99. The van der Waals surface area contributed by atoms with E-state index in [0.717, 1.165) is 17.5 Å². The lowest BCUT2D eigenvalue weighted by molar-refractivity contribution is 0.0937. The topological polar surface area (TPSA) is 96.5 Å². The van der Waals surface area contributed by atoms with Gasteiger partial charge in [0.15, 0.2) is 21.4 Å². The van der Waals surface area contributed by atoms with Crippen molar-refractivity contribution in [1.29, 1.82) is 0 Å². The number of hydrogen-bond donors (Lipinski definition) is 1. The molecular weight excluding hydrogens is 404 g/mol. The molecule has 0 saturated heterocycles. The fourth-order valence-electron chi connectivity index (χ4n) is 3.47. The average Bonchev–Trinajstić information content (AvgIpc) is 3.01. The Bertz CT molecular complexity index is 1020. The van der Waals surface area contributed by atoms with Gasteiger partial charge >= 0.3 is 0 Å². The van der Waals surface area contributed by atoms with Crippen LogP contribution in [0.3, 0.4) is 0 Å². The van der Waals surface area contributed by atoms with Crippen molar-refractivity contribution < 1.29 is 22.7 Å². The Morgan fingerprint density at radius 2 is 1.93 bits per heavy atom. The number of nitrogens with zero attached hydrogens (tertiary/aromatic N) is 1. The van der Waals surface area contributed by atoms with Crippen LogP contribution in [0.4, 0.5) is 0 Å². The van der Waals surface area contributed by atoms with Gasteiger partial charge in [0.05, 0.1) is 23.7 Å². The van der Waals surface area contributed by atoms with E-state index >= 15 is 0 Å². The van der Waals surface area contributed by atoms with E-state index in [2.05, 4.69) is 4.98 Å². The maximum absolute atomic E-state index is 12.7. The number of sulfone groups is 1. The molecule has 1 N–H and O–H groups in total. The lowest BCUT2D eigenvalue weighted by atomic mass is 10.0. The van der Waals surface area contributed by atoms with Gasteiger partial charge < -0.3 is 9.72 Å². The molecule has 0 radical (unpaired) electrons. The summed E-state index contributed by atoms with van der Waals surface area (Å²) in [5.41, 5.74) is 2.65. The van der Waals surface area contributed by atoms with Crippen LogP contribution < -0.4 is 4.74 Å². The van der Waals surface area contributed by atoms with Gasteiger partial charge in [-0.2, -0.15) is 0 Å². The highest BCUT2D eigenvalue weighted by atomic mass is 32.2. The lowest BCUT2D eigenvalue weighted by Gasteiger charge is -2.16. The van der Waals surface area contributed by atoms with Gasteiger partial charge in [-0.05, 0) is 57.5 Å². The first-order chi connectivity index (χ1) is 14.0. The van der Waals surface area contributed by atoms with Crippen molar-refractivity contribution in [3.8, 4) is 5.75 Å². The van der Waals surface area contributed by atoms with Crippen LogP contribution in [0.1, 0.15) is 52.4 Å². The Balaban J connectivity index is 1.88. The predicted octanol–water partition coefficient (Wildman–Crippen LogP) is 3.08. The summed E-state index contributed by atoms with van der Waals surface area (Å²) < 4.78 is 28.9. The first-order valence-corrected chi connectivity index (χ1v) is 11.8. The van der Waals surface area contributed by atoms with E-state index in [1.165, 1.54) is 19.1 Å². The van der Waals surface area contributed by atoms with Gasteiger partial charge in [-0.25, -0.2) is 8.42 Å². The monoisotopic (exact) mass is 434 g/mol. The minimum atomic E-state index is -3.27. The quantitative estimate of drug-likeness (QED) is 0.431. The Hall–Kier alpha value is -2.45. The summed E-state index contributed by atoms with van der Waals surface area (Å²) in [5, 5.41) is 0. The number of hydrogen-bond acceptors (Lipinski definition) is 6. The summed E-state index contributed by atoms with van der Waals surface area (Å²) in [7, 11) is -1.42. The average molecular weight is 435 g/mol. The molecule has 0 saturated carbocycles. The molecule has 1 heterocycles. The number of H-pyrrole nitrogens is 1. The molecule has 0 aliphatic heterocycles. The third-order valence-electron chi connectivity index (χ3n) is 4.88.